The molecule has 0 spiro atoms. The molecule has 0 radical (unpaired) electrons. The molecule has 0 fully saturated rings. The van der Waals surface area contributed by atoms with Crippen LogP contribution in [-0.2, 0) is 23.2 Å². The van der Waals surface area contributed by atoms with E-state index in [0.29, 0.717) is 30.5 Å². The second-order valence-electron chi connectivity index (χ2n) is 8.69. The van der Waals surface area contributed by atoms with E-state index in [0.717, 1.165) is 33.5 Å². The Balaban J connectivity index is 1.27. The summed E-state index contributed by atoms with van der Waals surface area (Å²) in [5, 5.41) is 12.3. The summed E-state index contributed by atoms with van der Waals surface area (Å²) in [6, 6.07) is 27.3. The number of anilines is 2. The molecule has 2 heterocycles. The zero-order chi connectivity index (χ0) is 26.4. The molecule has 0 aliphatic rings. The van der Waals surface area contributed by atoms with E-state index in [1.807, 2.05) is 84.9 Å². The van der Waals surface area contributed by atoms with Gasteiger partial charge in [-0.15, -0.1) is 0 Å². The highest BCUT2D eigenvalue weighted by molar-refractivity contribution is 7.89. The van der Waals surface area contributed by atoms with E-state index < -0.39 is 10.0 Å². The van der Waals surface area contributed by atoms with Gasteiger partial charge in [0.25, 0.3) is 0 Å². The molecule has 5 rings (SSSR count). The Hall–Kier alpha value is -4.25. The minimum atomic E-state index is -3.50. The minimum absolute atomic E-state index is 0.134. The molecule has 0 aliphatic carbocycles. The van der Waals surface area contributed by atoms with Gasteiger partial charge in [-0.2, -0.15) is 0 Å². The molecule has 0 saturated carbocycles. The smallest absolute Gasteiger partial charge is 0.210 e. The van der Waals surface area contributed by atoms with E-state index in [2.05, 4.69) is 20.6 Å². The second kappa shape index (κ2) is 11.4. The van der Waals surface area contributed by atoms with Crippen LogP contribution in [0.4, 0.5) is 11.5 Å². The normalized spacial score (nSPS) is 11.5. The van der Waals surface area contributed by atoms with Gasteiger partial charge < -0.3 is 19.8 Å². The highest BCUT2D eigenvalue weighted by Crippen LogP contribution is 2.30. The fourth-order valence-electron chi connectivity index (χ4n) is 3.88. The van der Waals surface area contributed by atoms with Crippen LogP contribution in [0.2, 0.25) is 0 Å². The Labute approximate surface area is 220 Å². The van der Waals surface area contributed by atoms with Gasteiger partial charge in [-0.3, -0.25) is 0 Å². The van der Waals surface area contributed by atoms with Crippen LogP contribution in [0.5, 0.6) is 5.75 Å². The number of fused-ring (bicyclic) bond motifs is 1. The van der Waals surface area contributed by atoms with Gasteiger partial charge in [0.2, 0.25) is 10.0 Å². The molecule has 3 aromatic carbocycles. The van der Waals surface area contributed by atoms with E-state index in [4.69, 9.17) is 14.3 Å². The summed E-state index contributed by atoms with van der Waals surface area (Å²) >= 11 is 0. The number of primary sulfonamides is 1. The van der Waals surface area contributed by atoms with Crippen molar-refractivity contribution in [3.8, 4) is 17.1 Å². The molecule has 0 aliphatic heterocycles. The van der Waals surface area contributed by atoms with Crippen molar-refractivity contribution in [3.63, 3.8) is 0 Å². The summed E-state index contributed by atoms with van der Waals surface area (Å²) in [5.41, 5.74) is 3.65. The van der Waals surface area contributed by atoms with Crippen LogP contribution in [0.25, 0.3) is 22.2 Å². The standard InChI is InChI=1S/C28H27N5O4S/c29-38(34,35)15-14-30-17-24-11-13-27(37-24)21-6-12-26-25(16-21)28(32-19-31-26)33-22-7-9-23(10-8-22)36-18-20-4-2-1-3-5-20/h1-13,16,19,30H,14-15,17-18H2,(H2,29,34,35)(H,31,32,33). The first-order valence-electron chi connectivity index (χ1n) is 12.0. The van der Waals surface area contributed by atoms with E-state index in [-0.39, 0.29) is 12.3 Å². The van der Waals surface area contributed by atoms with Crippen molar-refractivity contribution < 1.29 is 17.6 Å². The average Bonchev–Trinajstić information content (AvgIpc) is 3.40. The Morgan fingerprint density at radius 1 is 0.921 bits per heavy atom. The maximum absolute atomic E-state index is 11.1. The van der Waals surface area contributed by atoms with Crippen molar-refractivity contribution in [1.82, 2.24) is 15.3 Å². The van der Waals surface area contributed by atoms with Crippen LogP contribution in [0.15, 0.2) is 95.7 Å². The molecule has 0 amide bonds. The van der Waals surface area contributed by atoms with Crippen LogP contribution in [-0.4, -0.2) is 30.7 Å². The number of nitrogens with zero attached hydrogens (tertiary/aromatic N) is 2. The van der Waals surface area contributed by atoms with Gasteiger partial charge in [-0.1, -0.05) is 30.3 Å². The Morgan fingerprint density at radius 3 is 2.53 bits per heavy atom. The number of furan rings is 1. The van der Waals surface area contributed by atoms with Crippen molar-refractivity contribution in [1.29, 1.82) is 0 Å². The monoisotopic (exact) mass is 529 g/mol. The van der Waals surface area contributed by atoms with Gasteiger partial charge >= 0.3 is 0 Å². The molecule has 5 aromatic rings. The van der Waals surface area contributed by atoms with E-state index in [9.17, 15) is 8.42 Å². The zero-order valence-electron chi connectivity index (χ0n) is 20.5. The molecular weight excluding hydrogens is 502 g/mol. The number of hydrogen-bond donors (Lipinski definition) is 3. The molecule has 0 atom stereocenters. The maximum atomic E-state index is 11.1. The number of nitrogens with one attached hydrogen (secondary N) is 2. The SMILES string of the molecule is NS(=O)(=O)CCNCc1ccc(-c2ccc3ncnc(Nc4ccc(OCc5ccccc5)cc4)c3c2)o1. The summed E-state index contributed by atoms with van der Waals surface area (Å²) in [4.78, 5) is 8.85. The molecule has 0 bridgehead atoms. The number of sulfonamides is 1. The largest absolute Gasteiger partial charge is 0.489 e. The van der Waals surface area contributed by atoms with Gasteiger partial charge in [0.05, 0.1) is 17.8 Å². The predicted octanol–water partition coefficient (Wildman–Crippen LogP) is 4.59. The maximum Gasteiger partial charge on any atom is 0.210 e. The van der Waals surface area contributed by atoms with E-state index >= 15 is 0 Å². The molecule has 10 heteroatoms. The van der Waals surface area contributed by atoms with Crippen LogP contribution in [0.1, 0.15) is 11.3 Å². The van der Waals surface area contributed by atoms with Gasteiger partial charge in [0, 0.05) is 23.2 Å². The second-order valence-corrected chi connectivity index (χ2v) is 10.4. The number of rotatable bonds is 11. The van der Waals surface area contributed by atoms with Crippen LogP contribution < -0.4 is 20.5 Å². The molecule has 2 aromatic heterocycles. The lowest BCUT2D eigenvalue weighted by Crippen LogP contribution is -2.26. The Kier molecular flexibility index (Phi) is 7.64. The fourth-order valence-corrected chi connectivity index (χ4v) is 4.30. The van der Waals surface area contributed by atoms with E-state index in [1.54, 1.807) is 0 Å². The third-order valence-electron chi connectivity index (χ3n) is 5.81. The third-order valence-corrected chi connectivity index (χ3v) is 6.58. The van der Waals surface area contributed by atoms with Gasteiger partial charge in [-0.25, -0.2) is 23.5 Å². The highest BCUT2D eigenvalue weighted by atomic mass is 32.2. The lowest BCUT2D eigenvalue weighted by atomic mass is 10.1. The Morgan fingerprint density at radius 2 is 1.74 bits per heavy atom. The average molecular weight is 530 g/mol. The minimum Gasteiger partial charge on any atom is -0.489 e. The lowest BCUT2D eigenvalue weighted by Gasteiger charge is -2.11. The van der Waals surface area contributed by atoms with Crippen LogP contribution in [0.3, 0.4) is 0 Å². The molecule has 4 N–H and O–H groups in total. The molecule has 194 valence electrons. The van der Waals surface area contributed by atoms with Crippen molar-refractivity contribution >= 4 is 32.4 Å². The van der Waals surface area contributed by atoms with E-state index in [1.165, 1.54) is 6.33 Å². The number of benzene rings is 3. The van der Waals surface area contributed by atoms with Crippen molar-refractivity contribution in [3.05, 3.63) is 103 Å². The summed E-state index contributed by atoms with van der Waals surface area (Å²) < 4.78 is 34.0. The topological polar surface area (TPSA) is 132 Å². The van der Waals surface area contributed by atoms with Crippen molar-refractivity contribution in [2.45, 2.75) is 13.2 Å². The Bertz CT molecular complexity index is 1620. The van der Waals surface area contributed by atoms with Crippen LogP contribution >= 0.6 is 0 Å². The van der Waals surface area contributed by atoms with Crippen molar-refractivity contribution in [2.75, 3.05) is 17.6 Å². The lowest BCUT2D eigenvalue weighted by molar-refractivity contribution is 0.306. The number of nitrogens with two attached hydrogens (primary N) is 1. The first-order chi connectivity index (χ1) is 18.4. The van der Waals surface area contributed by atoms with Crippen LogP contribution in [0, 0.1) is 0 Å². The molecule has 0 unspecified atom stereocenters. The summed E-state index contributed by atoms with van der Waals surface area (Å²) in [6.07, 6.45) is 1.53. The van der Waals surface area contributed by atoms with Gasteiger partial charge in [0.1, 0.15) is 36.0 Å². The molecule has 38 heavy (non-hydrogen) atoms. The van der Waals surface area contributed by atoms with Gasteiger partial charge in [-0.05, 0) is 60.2 Å². The quantitative estimate of drug-likeness (QED) is 0.212. The summed E-state index contributed by atoms with van der Waals surface area (Å²) in [5.74, 6) is 2.69. The number of ether oxygens (including phenoxy) is 1. The molecule has 0 saturated heterocycles. The third kappa shape index (κ3) is 6.74. The first-order valence-corrected chi connectivity index (χ1v) is 13.7. The number of hydrogen-bond acceptors (Lipinski definition) is 8. The fraction of sp³-hybridized carbons (Fsp3) is 0.143. The zero-order valence-corrected chi connectivity index (χ0v) is 21.3. The number of aromatic nitrogens is 2. The van der Waals surface area contributed by atoms with Gasteiger partial charge in [0.15, 0.2) is 0 Å². The van der Waals surface area contributed by atoms with Crippen molar-refractivity contribution in [2.24, 2.45) is 5.14 Å². The molecular formula is C28H27N5O4S. The highest BCUT2D eigenvalue weighted by Gasteiger charge is 2.10. The first kappa shape index (κ1) is 25.4. The molecule has 9 nitrogen and oxygen atoms in total. The predicted molar refractivity (Wildman–Crippen MR) is 147 cm³/mol. The summed E-state index contributed by atoms with van der Waals surface area (Å²) in [7, 11) is -3.50. The summed E-state index contributed by atoms with van der Waals surface area (Å²) in [6.45, 7) is 1.15.